The van der Waals surface area contributed by atoms with Crippen LogP contribution in [-0.4, -0.2) is 12.3 Å². The van der Waals surface area contributed by atoms with Gasteiger partial charge in [-0.05, 0) is 29.3 Å². The number of nitrogens with zero attached hydrogens (tertiary/aromatic N) is 1. The van der Waals surface area contributed by atoms with Crippen LogP contribution in [0.3, 0.4) is 0 Å². The van der Waals surface area contributed by atoms with E-state index in [-0.39, 0.29) is 5.25 Å². The van der Waals surface area contributed by atoms with Crippen LogP contribution in [0, 0.1) is 0 Å². The second-order valence-electron chi connectivity index (χ2n) is 5.93. The van der Waals surface area contributed by atoms with Crippen LogP contribution in [-0.2, 0) is 6.54 Å². The number of amidine groups is 1. The van der Waals surface area contributed by atoms with Crippen LogP contribution in [0.15, 0.2) is 83.9 Å². The summed E-state index contributed by atoms with van der Waals surface area (Å²) in [5.74, 6) is 0.816. The number of methoxy groups -OCH3 is 1. The number of rotatable bonds is 6. The maximum atomic E-state index is 6.26. The third kappa shape index (κ3) is 5.28. The summed E-state index contributed by atoms with van der Waals surface area (Å²) in [4.78, 5) is 4.56. The summed E-state index contributed by atoms with van der Waals surface area (Å²) in [5, 5.41) is 1.29. The van der Waals surface area contributed by atoms with Gasteiger partial charge in [0, 0.05) is 10.6 Å². The van der Waals surface area contributed by atoms with Crippen LogP contribution in [0.2, 0.25) is 5.02 Å². The zero-order valence-corrected chi connectivity index (χ0v) is 16.6. The van der Waals surface area contributed by atoms with Crippen molar-refractivity contribution in [2.24, 2.45) is 10.7 Å². The first-order chi connectivity index (χ1) is 13.2. The highest BCUT2D eigenvalue weighted by molar-refractivity contribution is 8.14. The van der Waals surface area contributed by atoms with Crippen molar-refractivity contribution in [2.75, 3.05) is 7.11 Å². The lowest BCUT2D eigenvalue weighted by atomic mass is 10.0. The molecule has 3 aromatic carbocycles. The largest absolute Gasteiger partial charge is 0.496 e. The Morgan fingerprint density at radius 1 is 0.963 bits per heavy atom. The van der Waals surface area contributed by atoms with Crippen LogP contribution < -0.4 is 10.5 Å². The molecule has 138 valence electrons. The summed E-state index contributed by atoms with van der Waals surface area (Å²) < 4.78 is 5.38. The Morgan fingerprint density at radius 3 is 2.30 bits per heavy atom. The molecule has 1 atom stereocenters. The standard InChI is InChI=1S/C22H21ClN2OS/c1-26-20-10-6-5-9-18(20)15-25-22(24)27-21(16-7-3-2-4-8-16)17-11-13-19(23)14-12-17/h2-14,21H,15H2,1H3,(H2,24,25)/t21-/m0/s1. The highest BCUT2D eigenvalue weighted by Gasteiger charge is 2.16. The number of benzene rings is 3. The van der Waals surface area contributed by atoms with E-state index in [1.807, 2.05) is 66.7 Å². The minimum Gasteiger partial charge on any atom is -0.496 e. The number of halogens is 1. The topological polar surface area (TPSA) is 47.6 Å². The van der Waals surface area contributed by atoms with E-state index in [1.54, 1.807) is 7.11 Å². The van der Waals surface area contributed by atoms with E-state index in [0.29, 0.717) is 16.7 Å². The molecule has 5 heteroatoms. The predicted octanol–water partition coefficient (Wildman–Crippen LogP) is 5.69. The molecular formula is C22H21ClN2OS. The number of thioether (sulfide) groups is 1. The van der Waals surface area contributed by atoms with E-state index in [1.165, 1.54) is 17.3 Å². The molecule has 3 rings (SSSR count). The van der Waals surface area contributed by atoms with Gasteiger partial charge in [-0.1, -0.05) is 84.0 Å². The summed E-state index contributed by atoms with van der Waals surface area (Å²) in [6.07, 6.45) is 0. The molecule has 0 aliphatic carbocycles. The number of ether oxygens (including phenoxy) is 1. The van der Waals surface area contributed by atoms with E-state index < -0.39 is 0 Å². The van der Waals surface area contributed by atoms with Gasteiger partial charge in [-0.3, -0.25) is 4.99 Å². The van der Waals surface area contributed by atoms with E-state index in [2.05, 4.69) is 17.1 Å². The third-order valence-corrected chi connectivity index (χ3v) is 5.51. The molecule has 0 saturated heterocycles. The van der Waals surface area contributed by atoms with Gasteiger partial charge in [0.2, 0.25) is 0 Å². The van der Waals surface area contributed by atoms with Crippen molar-refractivity contribution in [1.29, 1.82) is 0 Å². The normalized spacial score (nSPS) is 12.6. The second-order valence-corrected chi connectivity index (χ2v) is 7.49. The molecule has 0 unspecified atom stereocenters. The van der Waals surface area contributed by atoms with Crippen LogP contribution in [0.5, 0.6) is 5.75 Å². The first kappa shape index (κ1) is 19.3. The summed E-state index contributed by atoms with van der Waals surface area (Å²) >= 11 is 7.58. The van der Waals surface area contributed by atoms with Gasteiger partial charge in [-0.15, -0.1) is 0 Å². The second kappa shape index (κ2) is 9.49. The van der Waals surface area contributed by atoms with Gasteiger partial charge >= 0.3 is 0 Å². The van der Waals surface area contributed by atoms with Crippen molar-refractivity contribution in [3.05, 3.63) is 101 Å². The van der Waals surface area contributed by atoms with Crippen molar-refractivity contribution in [2.45, 2.75) is 11.8 Å². The lowest BCUT2D eigenvalue weighted by Crippen LogP contribution is -2.11. The average Bonchev–Trinajstić information content (AvgIpc) is 2.72. The SMILES string of the molecule is COc1ccccc1CN=C(N)S[C@@H](c1ccccc1)c1ccc(Cl)cc1. The molecule has 0 heterocycles. The molecule has 3 nitrogen and oxygen atoms in total. The number of aliphatic imine (C=N–C) groups is 1. The molecule has 3 aromatic rings. The summed E-state index contributed by atoms with van der Waals surface area (Å²) in [7, 11) is 1.66. The smallest absolute Gasteiger partial charge is 0.155 e. The van der Waals surface area contributed by atoms with Gasteiger partial charge in [0.1, 0.15) is 5.75 Å². The minimum atomic E-state index is 0.0462. The van der Waals surface area contributed by atoms with Gasteiger partial charge < -0.3 is 10.5 Å². The van der Waals surface area contributed by atoms with Gasteiger partial charge in [-0.2, -0.15) is 0 Å². The number of hydrogen-bond acceptors (Lipinski definition) is 3. The maximum absolute atomic E-state index is 6.26. The van der Waals surface area contributed by atoms with Gasteiger partial charge in [0.15, 0.2) is 5.17 Å². The molecule has 0 bridgehead atoms. The first-order valence-electron chi connectivity index (χ1n) is 8.56. The van der Waals surface area contributed by atoms with Gasteiger partial charge in [0.25, 0.3) is 0 Å². The fourth-order valence-corrected chi connectivity index (χ4v) is 3.84. The average molecular weight is 397 g/mol. The minimum absolute atomic E-state index is 0.0462. The molecule has 2 N–H and O–H groups in total. The fraction of sp³-hybridized carbons (Fsp3) is 0.136. The Labute approximate surface area is 169 Å². The Morgan fingerprint density at radius 2 is 1.59 bits per heavy atom. The molecule has 0 fully saturated rings. The monoisotopic (exact) mass is 396 g/mol. The van der Waals surface area contributed by atoms with Gasteiger partial charge in [-0.25, -0.2) is 0 Å². The molecule has 0 aliphatic rings. The summed E-state index contributed by atoms with van der Waals surface area (Å²) in [5.41, 5.74) is 9.57. The van der Waals surface area contributed by atoms with E-state index >= 15 is 0 Å². The van der Waals surface area contributed by atoms with Crippen LogP contribution >= 0.6 is 23.4 Å². The Bertz CT molecular complexity index is 898. The lowest BCUT2D eigenvalue weighted by molar-refractivity contribution is 0.410. The fourth-order valence-electron chi connectivity index (χ4n) is 2.75. The Kier molecular flexibility index (Phi) is 6.80. The number of nitrogens with two attached hydrogens (primary N) is 1. The van der Waals surface area contributed by atoms with Crippen molar-refractivity contribution < 1.29 is 4.74 Å². The van der Waals surface area contributed by atoms with Crippen LogP contribution in [0.4, 0.5) is 0 Å². The molecule has 0 spiro atoms. The molecule has 0 amide bonds. The van der Waals surface area contributed by atoms with Crippen molar-refractivity contribution >= 4 is 28.5 Å². The van der Waals surface area contributed by atoms with Crippen molar-refractivity contribution in [3.63, 3.8) is 0 Å². The van der Waals surface area contributed by atoms with Gasteiger partial charge in [0.05, 0.1) is 18.9 Å². The van der Waals surface area contributed by atoms with Crippen molar-refractivity contribution in [3.8, 4) is 5.75 Å². The lowest BCUT2D eigenvalue weighted by Gasteiger charge is -2.17. The van der Waals surface area contributed by atoms with Crippen LogP contribution in [0.1, 0.15) is 21.9 Å². The maximum Gasteiger partial charge on any atom is 0.155 e. The molecule has 0 saturated carbocycles. The zero-order chi connectivity index (χ0) is 19.1. The zero-order valence-electron chi connectivity index (χ0n) is 15.0. The highest BCUT2D eigenvalue weighted by atomic mass is 35.5. The third-order valence-electron chi connectivity index (χ3n) is 4.11. The Balaban J connectivity index is 1.82. The van der Waals surface area contributed by atoms with E-state index in [0.717, 1.165) is 16.9 Å². The van der Waals surface area contributed by atoms with E-state index in [4.69, 9.17) is 22.1 Å². The Hall–Kier alpha value is -2.43. The molecule has 0 aromatic heterocycles. The quantitative estimate of drug-likeness (QED) is 0.430. The predicted molar refractivity (Wildman–Crippen MR) is 116 cm³/mol. The van der Waals surface area contributed by atoms with Crippen molar-refractivity contribution in [1.82, 2.24) is 0 Å². The summed E-state index contributed by atoms with van der Waals surface area (Å²) in [6, 6.07) is 25.9. The first-order valence-corrected chi connectivity index (χ1v) is 9.82. The molecule has 0 radical (unpaired) electrons. The number of hydrogen-bond donors (Lipinski definition) is 1. The van der Waals surface area contributed by atoms with Crippen LogP contribution in [0.25, 0.3) is 0 Å². The molecule has 0 aliphatic heterocycles. The highest BCUT2D eigenvalue weighted by Crippen LogP contribution is 2.36. The summed E-state index contributed by atoms with van der Waals surface area (Å²) in [6.45, 7) is 0.477. The number of para-hydroxylation sites is 1. The van der Waals surface area contributed by atoms with E-state index in [9.17, 15) is 0 Å². The molecule has 27 heavy (non-hydrogen) atoms. The molecular weight excluding hydrogens is 376 g/mol.